The van der Waals surface area contributed by atoms with Gasteiger partial charge in [0.2, 0.25) is 0 Å². The number of rotatable bonds is 7. The first-order chi connectivity index (χ1) is 12.0. The average Bonchev–Trinajstić information content (AvgIpc) is 2.62. The molecule has 0 heterocycles. The van der Waals surface area contributed by atoms with Gasteiger partial charge in [-0.25, -0.2) is 9.18 Å². The zero-order chi connectivity index (χ0) is 18.2. The fourth-order valence-corrected chi connectivity index (χ4v) is 1.87. The Morgan fingerprint density at radius 3 is 2.48 bits per heavy atom. The molecular weight excluding hydrogens is 329 g/mol. The van der Waals surface area contributed by atoms with E-state index in [-0.39, 0.29) is 5.69 Å². The highest BCUT2D eigenvalue weighted by molar-refractivity contribution is 5.95. The van der Waals surface area contributed by atoms with Crippen LogP contribution in [0.1, 0.15) is 17.3 Å². The minimum atomic E-state index is -1.12. The number of hydrogen-bond acceptors (Lipinski definition) is 5. The first kappa shape index (κ1) is 18.1. The molecule has 0 saturated heterocycles. The van der Waals surface area contributed by atoms with Crippen molar-refractivity contribution in [1.29, 1.82) is 0 Å². The van der Waals surface area contributed by atoms with E-state index in [9.17, 15) is 18.8 Å². The first-order valence-electron chi connectivity index (χ1n) is 7.42. The van der Waals surface area contributed by atoms with E-state index in [1.54, 1.807) is 6.07 Å². The summed E-state index contributed by atoms with van der Waals surface area (Å²) in [5, 5.41) is 2.34. The summed E-state index contributed by atoms with van der Waals surface area (Å²) in [6, 6.07) is 11.8. The Morgan fingerprint density at radius 2 is 1.84 bits per heavy atom. The molecule has 0 fully saturated rings. The normalized spacial score (nSPS) is 11.3. The number of aldehydes is 1. The molecule has 0 unspecified atom stereocenters. The molecule has 0 aromatic heterocycles. The van der Waals surface area contributed by atoms with Crippen molar-refractivity contribution in [3.05, 3.63) is 59.9 Å². The Balaban J connectivity index is 1.81. The Hall–Kier alpha value is -3.22. The number of anilines is 1. The van der Waals surface area contributed by atoms with Crippen LogP contribution in [-0.2, 0) is 14.3 Å². The Kier molecular flexibility index (Phi) is 6.22. The van der Waals surface area contributed by atoms with Gasteiger partial charge in [0, 0.05) is 5.56 Å². The van der Waals surface area contributed by atoms with Crippen LogP contribution in [0.15, 0.2) is 48.5 Å². The predicted molar refractivity (Wildman–Crippen MR) is 87.9 cm³/mol. The van der Waals surface area contributed by atoms with Gasteiger partial charge in [-0.05, 0) is 43.3 Å². The smallest absolute Gasteiger partial charge is 0.344 e. The number of benzene rings is 2. The molecule has 130 valence electrons. The number of esters is 1. The summed E-state index contributed by atoms with van der Waals surface area (Å²) < 4.78 is 23.6. The summed E-state index contributed by atoms with van der Waals surface area (Å²) in [6.45, 7) is 0.963. The molecule has 6 nitrogen and oxygen atoms in total. The molecule has 0 aliphatic carbocycles. The van der Waals surface area contributed by atoms with E-state index in [2.05, 4.69) is 5.32 Å². The third-order valence-corrected chi connectivity index (χ3v) is 3.18. The minimum absolute atomic E-state index is 0.00177. The zero-order valence-corrected chi connectivity index (χ0v) is 13.4. The van der Waals surface area contributed by atoms with Gasteiger partial charge in [0.1, 0.15) is 17.9 Å². The molecule has 1 atom stereocenters. The monoisotopic (exact) mass is 345 g/mol. The van der Waals surface area contributed by atoms with E-state index in [1.165, 1.54) is 49.4 Å². The summed E-state index contributed by atoms with van der Waals surface area (Å²) in [7, 11) is 0. The van der Waals surface area contributed by atoms with Crippen LogP contribution in [0.25, 0.3) is 0 Å². The number of para-hydroxylation sites is 1. The Bertz CT molecular complexity index is 760. The van der Waals surface area contributed by atoms with Gasteiger partial charge in [-0.1, -0.05) is 12.1 Å². The van der Waals surface area contributed by atoms with Crippen molar-refractivity contribution in [2.24, 2.45) is 0 Å². The van der Waals surface area contributed by atoms with Crippen molar-refractivity contribution < 1.29 is 28.2 Å². The van der Waals surface area contributed by atoms with Crippen LogP contribution in [-0.4, -0.2) is 30.9 Å². The predicted octanol–water partition coefficient (Wildman–Crippen LogP) is 2.59. The van der Waals surface area contributed by atoms with Crippen LogP contribution < -0.4 is 10.1 Å². The van der Waals surface area contributed by atoms with Gasteiger partial charge in [-0.3, -0.25) is 9.59 Å². The van der Waals surface area contributed by atoms with Crippen LogP contribution in [0.5, 0.6) is 5.75 Å². The molecule has 7 heteroatoms. The van der Waals surface area contributed by atoms with Gasteiger partial charge in [0.15, 0.2) is 12.7 Å². The van der Waals surface area contributed by atoms with E-state index >= 15 is 0 Å². The fourth-order valence-electron chi connectivity index (χ4n) is 1.87. The van der Waals surface area contributed by atoms with Gasteiger partial charge < -0.3 is 14.8 Å². The maximum atomic E-state index is 13.5. The topological polar surface area (TPSA) is 81.7 Å². The van der Waals surface area contributed by atoms with E-state index in [1.807, 2.05) is 0 Å². The van der Waals surface area contributed by atoms with E-state index < -0.39 is 30.4 Å². The number of ether oxygens (including phenoxy) is 2. The van der Waals surface area contributed by atoms with Crippen molar-refractivity contribution >= 4 is 23.9 Å². The van der Waals surface area contributed by atoms with Crippen molar-refractivity contribution in [2.75, 3.05) is 11.9 Å². The quantitative estimate of drug-likeness (QED) is 0.616. The summed E-state index contributed by atoms with van der Waals surface area (Å²) in [5.74, 6) is -1.62. The van der Waals surface area contributed by atoms with Crippen molar-refractivity contribution in [3.63, 3.8) is 0 Å². The second-order valence-electron chi connectivity index (χ2n) is 5.08. The highest BCUT2D eigenvalue weighted by Gasteiger charge is 2.19. The standard InChI is InChI=1S/C18H16FNO5/c1-12(18(23)20-16-5-3-2-4-15(16)19)25-17(22)11-24-14-8-6-13(10-21)7-9-14/h2-10,12H,11H2,1H3,(H,20,23)/t12-/m0/s1. The highest BCUT2D eigenvalue weighted by Crippen LogP contribution is 2.13. The third-order valence-electron chi connectivity index (χ3n) is 3.18. The van der Waals surface area contributed by atoms with Gasteiger partial charge in [0.05, 0.1) is 5.69 Å². The van der Waals surface area contributed by atoms with Crippen molar-refractivity contribution in [1.82, 2.24) is 0 Å². The molecular formula is C18H16FNO5. The highest BCUT2D eigenvalue weighted by atomic mass is 19.1. The molecule has 0 radical (unpaired) electrons. The molecule has 0 bridgehead atoms. The van der Waals surface area contributed by atoms with Crippen LogP contribution in [0, 0.1) is 5.82 Å². The van der Waals surface area contributed by atoms with Crippen molar-refractivity contribution in [2.45, 2.75) is 13.0 Å². The largest absolute Gasteiger partial charge is 0.482 e. The van der Waals surface area contributed by atoms with E-state index in [4.69, 9.17) is 9.47 Å². The maximum Gasteiger partial charge on any atom is 0.344 e. The number of nitrogens with one attached hydrogen (secondary N) is 1. The minimum Gasteiger partial charge on any atom is -0.482 e. The third kappa shape index (κ3) is 5.42. The van der Waals surface area contributed by atoms with Crippen molar-refractivity contribution in [3.8, 4) is 5.75 Å². The van der Waals surface area contributed by atoms with Gasteiger partial charge in [-0.2, -0.15) is 0 Å². The second kappa shape index (κ2) is 8.58. The van der Waals surface area contributed by atoms with Gasteiger partial charge in [-0.15, -0.1) is 0 Å². The summed E-state index contributed by atoms with van der Waals surface area (Å²) >= 11 is 0. The van der Waals surface area contributed by atoms with E-state index in [0.29, 0.717) is 17.6 Å². The number of carbonyl (C=O) groups is 3. The van der Waals surface area contributed by atoms with Crippen LogP contribution in [0.4, 0.5) is 10.1 Å². The SMILES string of the molecule is C[C@H](OC(=O)COc1ccc(C=O)cc1)C(=O)Nc1ccccc1F. The lowest BCUT2D eigenvalue weighted by Gasteiger charge is -2.14. The number of halogens is 1. The molecule has 0 aliphatic rings. The molecule has 0 spiro atoms. The Morgan fingerprint density at radius 1 is 1.16 bits per heavy atom. The van der Waals surface area contributed by atoms with Crippen LogP contribution in [0.3, 0.4) is 0 Å². The molecule has 2 rings (SSSR count). The lowest BCUT2D eigenvalue weighted by Crippen LogP contribution is -2.31. The number of hydrogen-bond donors (Lipinski definition) is 1. The first-order valence-corrected chi connectivity index (χ1v) is 7.42. The molecule has 2 aromatic carbocycles. The zero-order valence-electron chi connectivity index (χ0n) is 13.4. The number of amides is 1. The lowest BCUT2D eigenvalue weighted by molar-refractivity contribution is -0.155. The van der Waals surface area contributed by atoms with E-state index in [0.717, 1.165) is 0 Å². The summed E-state index contributed by atoms with van der Waals surface area (Å²) in [4.78, 5) is 34.2. The second-order valence-corrected chi connectivity index (χ2v) is 5.08. The van der Waals surface area contributed by atoms with Crippen LogP contribution >= 0.6 is 0 Å². The van der Waals surface area contributed by atoms with Crippen LogP contribution in [0.2, 0.25) is 0 Å². The lowest BCUT2D eigenvalue weighted by atomic mass is 10.2. The molecule has 2 aromatic rings. The molecule has 0 saturated carbocycles. The van der Waals surface area contributed by atoms with Gasteiger partial charge in [0.25, 0.3) is 5.91 Å². The summed E-state index contributed by atoms with van der Waals surface area (Å²) in [6.07, 6.45) is -0.429. The number of carbonyl (C=O) groups excluding carboxylic acids is 3. The molecule has 25 heavy (non-hydrogen) atoms. The molecule has 1 amide bonds. The fraction of sp³-hybridized carbons (Fsp3) is 0.167. The molecule has 1 N–H and O–H groups in total. The average molecular weight is 345 g/mol. The maximum absolute atomic E-state index is 13.5. The van der Waals surface area contributed by atoms with Gasteiger partial charge >= 0.3 is 5.97 Å². The summed E-state index contributed by atoms with van der Waals surface area (Å²) in [5.41, 5.74) is 0.482. The molecule has 0 aliphatic heterocycles. The Labute approximate surface area is 143 Å².